The smallest absolute Gasteiger partial charge is 0.272 e. The predicted molar refractivity (Wildman–Crippen MR) is 54.5 cm³/mol. The fraction of sp³-hybridized carbons (Fsp3) is 0.250. The molecule has 0 spiro atoms. The van der Waals surface area contributed by atoms with Gasteiger partial charge in [0.25, 0.3) is 0 Å². The second kappa shape index (κ2) is 4.41. The second-order valence-electron chi connectivity index (χ2n) is 3.24. The summed E-state index contributed by atoms with van der Waals surface area (Å²) in [6, 6.07) is 0. The van der Waals surface area contributed by atoms with Gasteiger partial charge in [0.15, 0.2) is 11.0 Å². The van der Waals surface area contributed by atoms with Crippen LogP contribution in [0.15, 0.2) is 23.5 Å². The molecule has 0 amide bonds. The van der Waals surface area contributed by atoms with E-state index in [4.69, 9.17) is 11.6 Å². The van der Waals surface area contributed by atoms with Gasteiger partial charge < -0.3 is 0 Å². The first-order valence-electron chi connectivity index (χ1n) is 4.56. The number of rotatable bonds is 2. The Morgan fingerprint density at radius 3 is 2.56 bits per heavy atom. The van der Waals surface area contributed by atoms with Crippen LogP contribution in [-0.2, 0) is 6.54 Å². The lowest BCUT2D eigenvalue weighted by Gasteiger charge is -2.04. The van der Waals surface area contributed by atoms with Crippen molar-refractivity contribution in [3.05, 3.63) is 34.4 Å². The molecule has 96 valence electrons. The van der Waals surface area contributed by atoms with Crippen molar-refractivity contribution in [2.24, 2.45) is 0 Å². The Bertz CT molecular complexity index is 620. The SMILES string of the molecule is O=c1n(CC(F)(F)F)cnn1-c1nccnc1Cl. The maximum absolute atomic E-state index is 12.2. The summed E-state index contributed by atoms with van der Waals surface area (Å²) in [5.74, 6) is -0.120. The first kappa shape index (κ1) is 12.6. The summed E-state index contributed by atoms with van der Waals surface area (Å²) in [4.78, 5) is 19.0. The average Bonchev–Trinajstić information content (AvgIpc) is 2.59. The van der Waals surface area contributed by atoms with Gasteiger partial charge in [0.2, 0.25) is 0 Å². The van der Waals surface area contributed by atoms with Crippen molar-refractivity contribution in [1.82, 2.24) is 24.3 Å². The maximum atomic E-state index is 12.2. The molecule has 2 aromatic heterocycles. The highest BCUT2D eigenvalue weighted by molar-refractivity contribution is 6.30. The third kappa shape index (κ3) is 2.50. The van der Waals surface area contributed by atoms with Crippen LogP contribution in [0.25, 0.3) is 5.82 Å². The van der Waals surface area contributed by atoms with Crippen LogP contribution < -0.4 is 5.69 Å². The Balaban J connectivity index is 2.44. The van der Waals surface area contributed by atoms with Crippen LogP contribution in [-0.4, -0.2) is 30.5 Å². The lowest BCUT2D eigenvalue weighted by molar-refractivity contribution is -0.141. The van der Waals surface area contributed by atoms with Crippen molar-refractivity contribution in [3.63, 3.8) is 0 Å². The van der Waals surface area contributed by atoms with Crippen LogP contribution in [0.2, 0.25) is 5.15 Å². The predicted octanol–water partition coefficient (Wildman–Crippen LogP) is 1.04. The molecule has 0 saturated heterocycles. The molecule has 2 aromatic rings. The lowest BCUT2D eigenvalue weighted by Crippen LogP contribution is -2.29. The fourth-order valence-electron chi connectivity index (χ4n) is 1.24. The van der Waals surface area contributed by atoms with E-state index in [-0.39, 0.29) is 11.0 Å². The molecular formula is C8H5ClF3N5O. The minimum Gasteiger partial charge on any atom is -0.272 e. The van der Waals surface area contributed by atoms with E-state index in [1.54, 1.807) is 0 Å². The number of halogens is 4. The molecule has 0 fully saturated rings. The molecule has 6 nitrogen and oxygen atoms in total. The molecule has 0 atom stereocenters. The van der Waals surface area contributed by atoms with Gasteiger partial charge in [-0.05, 0) is 0 Å². The molecule has 0 unspecified atom stereocenters. The quantitative estimate of drug-likeness (QED) is 0.824. The summed E-state index contributed by atoms with van der Waals surface area (Å²) in [7, 11) is 0. The Kier molecular flexibility index (Phi) is 3.07. The molecule has 0 saturated carbocycles. The summed E-state index contributed by atoms with van der Waals surface area (Å²) >= 11 is 5.67. The van der Waals surface area contributed by atoms with Gasteiger partial charge in [-0.2, -0.15) is 23.0 Å². The van der Waals surface area contributed by atoms with Crippen LogP contribution in [0.1, 0.15) is 0 Å². The highest BCUT2D eigenvalue weighted by Gasteiger charge is 2.29. The number of nitrogens with zero attached hydrogens (tertiary/aromatic N) is 5. The Labute approximate surface area is 103 Å². The van der Waals surface area contributed by atoms with E-state index in [1.165, 1.54) is 12.4 Å². The molecule has 0 aromatic carbocycles. The number of hydrogen-bond acceptors (Lipinski definition) is 4. The largest absolute Gasteiger partial charge is 0.406 e. The van der Waals surface area contributed by atoms with Crippen molar-refractivity contribution in [3.8, 4) is 5.82 Å². The van der Waals surface area contributed by atoms with Gasteiger partial charge in [0.05, 0.1) is 0 Å². The van der Waals surface area contributed by atoms with Gasteiger partial charge in [0.1, 0.15) is 12.9 Å². The topological polar surface area (TPSA) is 65.6 Å². The number of aromatic nitrogens is 5. The van der Waals surface area contributed by atoms with Crippen molar-refractivity contribution in [2.45, 2.75) is 12.7 Å². The van der Waals surface area contributed by atoms with Gasteiger partial charge in [0, 0.05) is 12.4 Å². The van der Waals surface area contributed by atoms with E-state index in [1.807, 2.05) is 0 Å². The van der Waals surface area contributed by atoms with Gasteiger partial charge in [-0.25, -0.2) is 14.8 Å². The summed E-state index contributed by atoms with van der Waals surface area (Å²) in [6.07, 6.45) is -1.22. The average molecular weight is 280 g/mol. The van der Waals surface area contributed by atoms with Crippen LogP contribution in [0.4, 0.5) is 13.2 Å². The summed E-state index contributed by atoms with van der Waals surface area (Å²) in [5, 5.41) is 3.38. The van der Waals surface area contributed by atoms with Crippen LogP contribution in [0, 0.1) is 0 Å². The highest BCUT2D eigenvalue weighted by atomic mass is 35.5. The summed E-state index contributed by atoms with van der Waals surface area (Å²) < 4.78 is 37.5. The molecule has 0 N–H and O–H groups in total. The molecular weight excluding hydrogens is 275 g/mol. The minimum absolute atomic E-state index is 0.120. The van der Waals surface area contributed by atoms with Crippen LogP contribution in [0.5, 0.6) is 0 Å². The van der Waals surface area contributed by atoms with Crippen molar-refractivity contribution < 1.29 is 13.2 Å². The number of alkyl halides is 3. The molecule has 18 heavy (non-hydrogen) atoms. The molecule has 0 bridgehead atoms. The molecule has 2 rings (SSSR count). The van der Waals surface area contributed by atoms with E-state index in [0.29, 0.717) is 9.25 Å². The molecule has 0 aliphatic carbocycles. The number of hydrogen-bond donors (Lipinski definition) is 0. The van der Waals surface area contributed by atoms with Crippen molar-refractivity contribution in [2.75, 3.05) is 0 Å². The van der Waals surface area contributed by atoms with E-state index in [0.717, 1.165) is 6.33 Å². The normalized spacial score (nSPS) is 11.8. The Morgan fingerprint density at radius 2 is 1.94 bits per heavy atom. The molecule has 10 heteroatoms. The molecule has 0 aliphatic heterocycles. The van der Waals surface area contributed by atoms with Crippen LogP contribution in [0.3, 0.4) is 0 Å². The zero-order chi connectivity index (χ0) is 13.3. The van der Waals surface area contributed by atoms with Crippen LogP contribution >= 0.6 is 11.6 Å². The van der Waals surface area contributed by atoms with Gasteiger partial charge in [-0.1, -0.05) is 11.6 Å². The monoisotopic (exact) mass is 279 g/mol. The Hall–Kier alpha value is -1.90. The van der Waals surface area contributed by atoms with Crippen molar-refractivity contribution >= 4 is 11.6 Å². The van der Waals surface area contributed by atoms with Gasteiger partial charge in [-0.3, -0.25) is 4.57 Å². The van der Waals surface area contributed by atoms with E-state index in [9.17, 15) is 18.0 Å². The summed E-state index contributed by atoms with van der Waals surface area (Å²) in [6.45, 7) is -1.43. The Morgan fingerprint density at radius 1 is 1.28 bits per heavy atom. The highest BCUT2D eigenvalue weighted by Crippen LogP contribution is 2.16. The van der Waals surface area contributed by atoms with Crippen molar-refractivity contribution in [1.29, 1.82) is 0 Å². The molecule has 0 radical (unpaired) electrons. The summed E-state index contributed by atoms with van der Waals surface area (Å²) in [5.41, 5.74) is -0.991. The van der Waals surface area contributed by atoms with Gasteiger partial charge >= 0.3 is 11.9 Å². The van der Waals surface area contributed by atoms with Gasteiger partial charge in [-0.15, -0.1) is 0 Å². The zero-order valence-corrected chi connectivity index (χ0v) is 9.35. The first-order valence-corrected chi connectivity index (χ1v) is 4.94. The first-order chi connectivity index (χ1) is 8.38. The fourth-order valence-corrected chi connectivity index (χ4v) is 1.42. The minimum atomic E-state index is -4.51. The maximum Gasteiger partial charge on any atom is 0.406 e. The van der Waals surface area contributed by atoms with E-state index >= 15 is 0 Å². The standard InChI is InChI=1S/C8H5ClF3N5O/c9-5-6(14-2-1-13-5)17-7(18)16(4-15-17)3-8(10,11)12/h1-2,4H,3H2. The third-order valence-electron chi connectivity index (χ3n) is 1.92. The molecule has 2 heterocycles. The third-order valence-corrected chi connectivity index (χ3v) is 2.19. The second-order valence-corrected chi connectivity index (χ2v) is 3.60. The molecule has 0 aliphatic rings. The lowest BCUT2D eigenvalue weighted by atomic mass is 10.6. The zero-order valence-electron chi connectivity index (χ0n) is 8.60. The van der Waals surface area contributed by atoms with E-state index in [2.05, 4.69) is 15.1 Å². The van der Waals surface area contributed by atoms with E-state index < -0.39 is 18.4 Å².